The minimum Gasteiger partial charge on any atom is -0.373 e. The summed E-state index contributed by atoms with van der Waals surface area (Å²) in [6.07, 6.45) is 4.74. The molecule has 2 fully saturated rings. The molecule has 0 unspecified atom stereocenters. The fourth-order valence-electron chi connectivity index (χ4n) is 3.65. The van der Waals surface area contributed by atoms with Crippen LogP contribution in [0.15, 0.2) is 42.7 Å². The van der Waals surface area contributed by atoms with E-state index in [1.165, 1.54) is 12.1 Å². The van der Waals surface area contributed by atoms with Crippen LogP contribution < -0.4 is 0 Å². The van der Waals surface area contributed by atoms with Gasteiger partial charge in [-0.2, -0.15) is 0 Å². The topological polar surface area (TPSA) is 42.4 Å². The highest BCUT2D eigenvalue weighted by atomic mass is 32.2. The molecule has 2 aliphatic rings. The van der Waals surface area contributed by atoms with Crippen LogP contribution in [0.3, 0.4) is 0 Å². The summed E-state index contributed by atoms with van der Waals surface area (Å²) in [5, 5.41) is 0. The third kappa shape index (κ3) is 3.48. The quantitative estimate of drug-likeness (QED) is 0.825. The number of pyridine rings is 1. The van der Waals surface area contributed by atoms with E-state index in [0.29, 0.717) is 17.7 Å². The maximum absolute atomic E-state index is 13.2. The first-order valence-corrected chi connectivity index (χ1v) is 9.73. The lowest BCUT2D eigenvalue weighted by atomic mass is 9.91. The number of rotatable bonds is 4. The smallest absolute Gasteiger partial charge is 0.254 e. The summed E-state index contributed by atoms with van der Waals surface area (Å²) in [6, 6.07) is 8.28. The first-order valence-electron chi connectivity index (χ1n) is 8.75. The second-order valence-corrected chi connectivity index (χ2v) is 8.60. The van der Waals surface area contributed by atoms with Gasteiger partial charge in [-0.15, -0.1) is 11.8 Å². The molecule has 3 heterocycles. The molecule has 136 valence electrons. The third-order valence-electron chi connectivity index (χ3n) is 5.07. The zero-order chi connectivity index (χ0) is 18.1. The van der Waals surface area contributed by atoms with Crippen LogP contribution >= 0.6 is 11.8 Å². The van der Waals surface area contributed by atoms with E-state index in [0.717, 1.165) is 30.8 Å². The van der Waals surface area contributed by atoms with Crippen LogP contribution in [-0.4, -0.2) is 45.5 Å². The van der Waals surface area contributed by atoms with Gasteiger partial charge in [-0.3, -0.25) is 9.78 Å². The molecule has 2 aliphatic heterocycles. The molecule has 0 radical (unpaired) electrons. The van der Waals surface area contributed by atoms with E-state index in [-0.39, 0.29) is 22.6 Å². The fraction of sp³-hybridized carbons (Fsp3) is 0.400. The van der Waals surface area contributed by atoms with E-state index < -0.39 is 0 Å². The van der Waals surface area contributed by atoms with Crippen LogP contribution in [0.2, 0.25) is 0 Å². The van der Waals surface area contributed by atoms with Crippen molar-refractivity contribution in [2.24, 2.45) is 0 Å². The molecule has 2 aromatic rings. The molecule has 1 aromatic heterocycles. The average molecular weight is 372 g/mol. The second kappa shape index (κ2) is 7.00. The SMILES string of the molecule is Cc1cc(F)ccc1C(=O)N1CC2(C[C@H](OCc3ccncc3)CS2)C1. The molecule has 1 aromatic carbocycles. The summed E-state index contributed by atoms with van der Waals surface area (Å²) in [6.45, 7) is 3.85. The molecular weight excluding hydrogens is 351 g/mol. The number of aryl methyl sites for hydroxylation is 1. The molecule has 6 heteroatoms. The monoisotopic (exact) mass is 372 g/mol. The van der Waals surface area contributed by atoms with Crippen molar-refractivity contribution >= 4 is 17.7 Å². The highest BCUT2D eigenvalue weighted by Crippen LogP contribution is 2.46. The van der Waals surface area contributed by atoms with Gasteiger partial charge in [-0.25, -0.2) is 4.39 Å². The standard InChI is InChI=1S/C20H21FN2O2S/c1-14-8-16(21)2-3-18(14)19(24)23-12-20(13-23)9-17(11-26-20)25-10-15-4-6-22-7-5-15/h2-8,17H,9-13H2,1H3/t17-/m0/s1. The number of amides is 1. The number of hydrogen-bond donors (Lipinski definition) is 0. The summed E-state index contributed by atoms with van der Waals surface area (Å²) in [7, 11) is 0. The van der Waals surface area contributed by atoms with Gasteiger partial charge < -0.3 is 9.64 Å². The summed E-state index contributed by atoms with van der Waals surface area (Å²) in [4.78, 5) is 18.5. The zero-order valence-electron chi connectivity index (χ0n) is 14.7. The molecule has 4 nitrogen and oxygen atoms in total. The van der Waals surface area contributed by atoms with Gasteiger partial charge in [0.1, 0.15) is 5.82 Å². The third-order valence-corrected chi connectivity index (χ3v) is 6.65. The summed E-state index contributed by atoms with van der Waals surface area (Å²) < 4.78 is 19.4. The number of halogens is 1. The van der Waals surface area contributed by atoms with Crippen LogP contribution in [0.25, 0.3) is 0 Å². The largest absolute Gasteiger partial charge is 0.373 e. The van der Waals surface area contributed by atoms with Gasteiger partial charge in [-0.05, 0) is 54.8 Å². The van der Waals surface area contributed by atoms with Crippen LogP contribution in [0.5, 0.6) is 0 Å². The van der Waals surface area contributed by atoms with Crippen LogP contribution in [0, 0.1) is 12.7 Å². The molecule has 2 saturated heterocycles. The normalized spacial score (nSPS) is 21.0. The van der Waals surface area contributed by atoms with Crippen molar-refractivity contribution in [1.29, 1.82) is 0 Å². The number of ether oxygens (including phenoxy) is 1. The molecule has 1 atom stereocenters. The van der Waals surface area contributed by atoms with Gasteiger partial charge in [0.25, 0.3) is 5.91 Å². The Kier molecular flexibility index (Phi) is 4.71. The van der Waals surface area contributed by atoms with E-state index in [1.54, 1.807) is 25.4 Å². The lowest BCUT2D eigenvalue weighted by Crippen LogP contribution is -2.60. The molecule has 0 aliphatic carbocycles. The highest BCUT2D eigenvalue weighted by molar-refractivity contribution is 8.01. The first-order chi connectivity index (χ1) is 12.5. The lowest BCUT2D eigenvalue weighted by Gasteiger charge is -2.47. The van der Waals surface area contributed by atoms with Crippen molar-refractivity contribution in [2.75, 3.05) is 18.8 Å². The van der Waals surface area contributed by atoms with E-state index in [1.807, 2.05) is 28.8 Å². The Morgan fingerprint density at radius 2 is 2.12 bits per heavy atom. The Hall–Kier alpha value is -1.92. The molecular formula is C20H21FN2O2S. The minimum absolute atomic E-state index is 0.00474. The fourth-order valence-corrected chi connectivity index (χ4v) is 5.20. The Morgan fingerprint density at radius 3 is 2.85 bits per heavy atom. The zero-order valence-corrected chi connectivity index (χ0v) is 15.5. The maximum Gasteiger partial charge on any atom is 0.254 e. The van der Waals surface area contributed by atoms with Crippen LogP contribution in [0.1, 0.15) is 27.9 Å². The van der Waals surface area contributed by atoms with Crippen LogP contribution in [-0.2, 0) is 11.3 Å². The van der Waals surface area contributed by atoms with Crippen molar-refractivity contribution in [3.63, 3.8) is 0 Å². The predicted molar refractivity (Wildman–Crippen MR) is 99.7 cm³/mol. The second-order valence-electron chi connectivity index (χ2n) is 7.11. The number of nitrogens with zero attached hydrogens (tertiary/aromatic N) is 2. The molecule has 1 amide bonds. The van der Waals surface area contributed by atoms with Crippen molar-refractivity contribution in [2.45, 2.75) is 30.8 Å². The summed E-state index contributed by atoms with van der Waals surface area (Å²) >= 11 is 1.91. The molecule has 0 N–H and O–H groups in total. The molecule has 0 bridgehead atoms. The first kappa shape index (κ1) is 17.5. The number of thioether (sulfide) groups is 1. The predicted octanol–water partition coefficient (Wildman–Crippen LogP) is 3.45. The van der Waals surface area contributed by atoms with Gasteiger partial charge in [0.05, 0.1) is 17.5 Å². The van der Waals surface area contributed by atoms with E-state index in [2.05, 4.69) is 4.98 Å². The van der Waals surface area contributed by atoms with E-state index in [9.17, 15) is 9.18 Å². The Balaban J connectivity index is 1.31. The molecule has 1 spiro atoms. The van der Waals surface area contributed by atoms with E-state index in [4.69, 9.17) is 4.74 Å². The molecule has 26 heavy (non-hydrogen) atoms. The van der Waals surface area contributed by atoms with Crippen molar-refractivity contribution in [3.05, 3.63) is 65.2 Å². The molecule has 0 saturated carbocycles. The van der Waals surface area contributed by atoms with Crippen LogP contribution in [0.4, 0.5) is 4.39 Å². The summed E-state index contributed by atoms with van der Waals surface area (Å²) in [5.41, 5.74) is 2.41. The number of likely N-dealkylation sites (tertiary alicyclic amines) is 1. The number of benzene rings is 1. The van der Waals surface area contributed by atoms with Gasteiger partial charge in [-0.1, -0.05) is 0 Å². The van der Waals surface area contributed by atoms with Gasteiger partial charge >= 0.3 is 0 Å². The maximum atomic E-state index is 13.2. The van der Waals surface area contributed by atoms with Gasteiger partial charge in [0.2, 0.25) is 0 Å². The average Bonchev–Trinajstić information content (AvgIpc) is 3.04. The molecule has 4 rings (SSSR count). The summed E-state index contributed by atoms with van der Waals surface area (Å²) in [5.74, 6) is 0.650. The van der Waals surface area contributed by atoms with Crippen molar-refractivity contribution in [1.82, 2.24) is 9.88 Å². The highest BCUT2D eigenvalue weighted by Gasteiger charge is 2.51. The number of carbonyl (C=O) groups excluding carboxylic acids is 1. The van der Waals surface area contributed by atoms with Gasteiger partial charge in [0, 0.05) is 36.8 Å². The lowest BCUT2D eigenvalue weighted by molar-refractivity contribution is 0.0255. The minimum atomic E-state index is -0.306. The van der Waals surface area contributed by atoms with E-state index >= 15 is 0 Å². The van der Waals surface area contributed by atoms with Gasteiger partial charge in [0.15, 0.2) is 0 Å². The Labute approximate surface area is 156 Å². The number of hydrogen-bond acceptors (Lipinski definition) is 4. The Morgan fingerprint density at radius 1 is 1.35 bits per heavy atom. The number of aromatic nitrogens is 1. The number of carbonyl (C=O) groups is 1. The van der Waals surface area contributed by atoms with Crippen molar-refractivity contribution in [3.8, 4) is 0 Å². The Bertz CT molecular complexity index is 809. The van der Waals surface area contributed by atoms with Crippen molar-refractivity contribution < 1.29 is 13.9 Å².